The van der Waals surface area contributed by atoms with Crippen molar-refractivity contribution >= 4 is 28.8 Å². The molecule has 5 rings (SSSR count). The van der Waals surface area contributed by atoms with Crippen LogP contribution in [0.3, 0.4) is 0 Å². The lowest BCUT2D eigenvalue weighted by atomic mass is 10.1. The van der Waals surface area contributed by atoms with Crippen LogP contribution >= 0.6 is 11.6 Å². The summed E-state index contributed by atoms with van der Waals surface area (Å²) in [4.78, 5) is 17.4. The summed E-state index contributed by atoms with van der Waals surface area (Å²) in [6.07, 6.45) is 1.42. The van der Waals surface area contributed by atoms with Crippen molar-refractivity contribution < 1.29 is 18.3 Å². The van der Waals surface area contributed by atoms with Crippen LogP contribution in [-0.2, 0) is 6.73 Å². The van der Waals surface area contributed by atoms with Gasteiger partial charge in [0.2, 0.25) is 0 Å². The highest BCUT2D eigenvalue weighted by Gasteiger charge is 2.22. The van der Waals surface area contributed by atoms with Crippen LogP contribution in [0.25, 0.3) is 16.9 Å². The largest absolute Gasteiger partial charge is 0.471 e. The molecule has 1 amide bonds. The quantitative estimate of drug-likeness (QED) is 0.324. The van der Waals surface area contributed by atoms with Crippen LogP contribution < -0.4 is 10.1 Å². The molecule has 0 saturated heterocycles. The first-order valence-electron chi connectivity index (χ1n) is 10.4. The highest BCUT2D eigenvalue weighted by molar-refractivity contribution is 6.30. The molecule has 11 heteroatoms. The second kappa shape index (κ2) is 9.51. The van der Waals surface area contributed by atoms with Gasteiger partial charge in [-0.3, -0.25) is 4.79 Å². The summed E-state index contributed by atoms with van der Waals surface area (Å²) >= 11 is 5.95. The molecule has 3 heterocycles. The fourth-order valence-corrected chi connectivity index (χ4v) is 3.63. The fourth-order valence-electron chi connectivity index (χ4n) is 3.45. The zero-order valence-electron chi connectivity index (χ0n) is 18.0. The molecule has 0 aliphatic rings. The van der Waals surface area contributed by atoms with E-state index in [0.717, 1.165) is 4.52 Å². The molecule has 176 valence electrons. The zero-order chi connectivity index (χ0) is 24.4. The van der Waals surface area contributed by atoms with Gasteiger partial charge in [-0.05, 0) is 24.3 Å². The SMILES string of the molecule is O=C(Nc1cnn(COc2cccc(Cl)c2)c1)c1cnn2c(C(F)F)cc(-c3ccccc3)nc12. The molecule has 0 radical (unpaired) electrons. The third kappa shape index (κ3) is 4.82. The number of ether oxygens (including phenoxy) is 1. The van der Waals surface area contributed by atoms with Crippen molar-refractivity contribution in [3.8, 4) is 17.0 Å². The lowest BCUT2D eigenvalue weighted by Gasteiger charge is -2.08. The number of aromatic nitrogens is 5. The van der Waals surface area contributed by atoms with E-state index in [0.29, 0.717) is 27.7 Å². The van der Waals surface area contributed by atoms with Crippen LogP contribution in [0.15, 0.2) is 79.3 Å². The van der Waals surface area contributed by atoms with E-state index in [9.17, 15) is 13.6 Å². The number of alkyl halides is 2. The number of carbonyl (C=O) groups excluding carboxylic acids is 1. The van der Waals surface area contributed by atoms with Gasteiger partial charge in [-0.15, -0.1) is 0 Å². The summed E-state index contributed by atoms with van der Waals surface area (Å²) in [7, 11) is 0. The monoisotopic (exact) mass is 494 g/mol. The number of hydrogen-bond donors (Lipinski definition) is 1. The Labute approximate surface area is 202 Å². The molecule has 0 spiro atoms. The highest BCUT2D eigenvalue weighted by Crippen LogP contribution is 2.27. The van der Waals surface area contributed by atoms with E-state index >= 15 is 0 Å². The number of rotatable bonds is 7. The van der Waals surface area contributed by atoms with E-state index < -0.39 is 12.3 Å². The average Bonchev–Trinajstić information content (AvgIpc) is 3.49. The predicted octanol–water partition coefficient (Wildman–Crippen LogP) is 5.47. The van der Waals surface area contributed by atoms with Crippen LogP contribution in [0.4, 0.5) is 14.5 Å². The molecule has 0 aliphatic heterocycles. The molecule has 0 bridgehead atoms. The molecular weight excluding hydrogens is 478 g/mol. The van der Waals surface area contributed by atoms with Crippen LogP contribution in [0.1, 0.15) is 22.5 Å². The van der Waals surface area contributed by atoms with Gasteiger partial charge in [-0.25, -0.2) is 23.0 Å². The normalized spacial score (nSPS) is 11.2. The smallest absolute Gasteiger partial charge is 0.280 e. The Morgan fingerprint density at radius 1 is 1.06 bits per heavy atom. The van der Waals surface area contributed by atoms with Crippen molar-refractivity contribution in [1.82, 2.24) is 24.4 Å². The Morgan fingerprint density at radius 3 is 2.66 bits per heavy atom. The number of amides is 1. The molecule has 5 aromatic rings. The van der Waals surface area contributed by atoms with Crippen molar-refractivity contribution in [1.29, 1.82) is 0 Å². The predicted molar refractivity (Wildman–Crippen MR) is 126 cm³/mol. The number of fused-ring (bicyclic) bond motifs is 1. The minimum absolute atomic E-state index is 0.0239. The van der Waals surface area contributed by atoms with Crippen molar-refractivity contribution in [2.75, 3.05) is 5.32 Å². The Kier molecular flexibility index (Phi) is 6.11. The third-order valence-corrected chi connectivity index (χ3v) is 5.32. The number of benzene rings is 2. The van der Waals surface area contributed by atoms with Gasteiger partial charge in [-0.2, -0.15) is 10.2 Å². The molecule has 0 saturated carbocycles. The fraction of sp³-hybridized carbons (Fsp3) is 0.0833. The van der Waals surface area contributed by atoms with Crippen molar-refractivity contribution in [3.05, 3.63) is 95.5 Å². The lowest BCUT2D eigenvalue weighted by Crippen LogP contribution is -2.12. The first-order valence-corrected chi connectivity index (χ1v) is 10.8. The second-order valence-corrected chi connectivity index (χ2v) is 7.92. The standard InChI is InChI=1S/C24H17ClF2N6O2/c25-16-7-4-8-18(9-16)35-14-32-13-17(11-28-32)30-24(34)19-12-29-33-21(22(26)27)10-20(31-23(19)33)15-5-2-1-3-6-15/h1-13,22H,14H2,(H,30,34). The number of nitrogens with zero attached hydrogens (tertiary/aromatic N) is 5. The Morgan fingerprint density at radius 2 is 1.89 bits per heavy atom. The number of hydrogen-bond acceptors (Lipinski definition) is 5. The van der Waals surface area contributed by atoms with Gasteiger partial charge in [0.1, 0.15) is 17.0 Å². The molecule has 0 fully saturated rings. The number of halogens is 3. The van der Waals surface area contributed by atoms with Gasteiger partial charge in [0.15, 0.2) is 12.4 Å². The van der Waals surface area contributed by atoms with Gasteiger partial charge >= 0.3 is 0 Å². The Balaban J connectivity index is 1.38. The maximum Gasteiger partial charge on any atom is 0.280 e. The molecule has 3 aromatic heterocycles. The maximum absolute atomic E-state index is 13.8. The first kappa shape index (κ1) is 22.5. The first-order chi connectivity index (χ1) is 17.0. The zero-order valence-corrected chi connectivity index (χ0v) is 18.7. The summed E-state index contributed by atoms with van der Waals surface area (Å²) in [5, 5.41) is 11.4. The van der Waals surface area contributed by atoms with Gasteiger partial charge in [-0.1, -0.05) is 48.0 Å². The van der Waals surface area contributed by atoms with Crippen molar-refractivity contribution in [2.45, 2.75) is 13.2 Å². The summed E-state index contributed by atoms with van der Waals surface area (Å²) in [6.45, 7) is 0.0899. The highest BCUT2D eigenvalue weighted by atomic mass is 35.5. The van der Waals surface area contributed by atoms with Gasteiger partial charge < -0.3 is 10.1 Å². The molecule has 2 aromatic carbocycles. The minimum Gasteiger partial charge on any atom is -0.471 e. The molecule has 0 aliphatic carbocycles. The van der Waals surface area contributed by atoms with E-state index in [1.54, 1.807) is 54.7 Å². The van der Waals surface area contributed by atoms with Crippen LogP contribution in [0.2, 0.25) is 5.02 Å². The lowest BCUT2D eigenvalue weighted by molar-refractivity contribution is 0.102. The van der Waals surface area contributed by atoms with E-state index in [1.165, 1.54) is 23.1 Å². The van der Waals surface area contributed by atoms with Crippen LogP contribution in [-0.4, -0.2) is 30.3 Å². The number of nitrogens with one attached hydrogen (secondary N) is 1. The van der Waals surface area contributed by atoms with Crippen molar-refractivity contribution in [3.63, 3.8) is 0 Å². The van der Waals surface area contributed by atoms with Gasteiger partial charge in [0, 0.05) is 10.6 Å². The van der Waals surface area contributed by atoms with Crippen LogP contribution in [0.5, 0.6) is 5.75 Å². The van der Waals surface area contributed by atoms with E-state index in [1.807, 2.05) is 6.07 Å². The van der Waals surface area contributed by atoms with Crippen molar-refractivity contribution in [2.24, 2.45) is 0 Å². The average molecular weight is 495 g/mol. The maximum atomic E-state index is 13.8. The van der Waals surface area contributed by atoms with Gasteiger partial charge in [0.25, 0.3) is 12.3 Å². The summed E-state index contributed by atoms with van der Waals surface area (Å²) in [5.41, 5.74) is 1.05. The number of carbonyl (C=O) groups is 1. The molecule has 1 N–H and O–H groups in total. The van der Waals surface area contributed by atoms with Gasteiger partial charge in [0.05, 0.1) is 30.0 Å². The third-order valence-electron chi connectivity index (χ3n) is 5.09. The summed E-state index contributed by atoms with van der Waals surface area (Å²) in [6, 6.07) is 17.1. The molecule has 0 atom stereocenters. The molecule has 35 heavy (non-hydrogen) atoms. The summed E-state index contributed by atoms with van der Waals surface area (Å²) in [5.74, 6) is 0.00769. The van der Waals surface area contributed by atoms with E-state index in [2.05, 4.69) is 20.5 Å². The van der Waals surface area contributed by atoms with Crippen LogP contribution in [0, 0.1) is 0 Å². The molecule has 0 unspecified atom stereocenters. The topological polar surface area (TPSA) is 86.3 Å². The summed E-state index contributed by atoms with van der Waals surface area (Å²) < 4.78 is 35.6. The Hall–Kier alpha value is -4.31. The number of anilines is 1. The minimum atomic E-state index is -2.81. The molecule has 8 nitrogen and oxygen atoms in total. The molecular formula is C24H17ClF2N6O2. The van der Waals surface area contributed by atoms with E-state index in [-0.39, 0.29) is 23.6 Å². The Bertz CT molecular complexity index is 1500. The second-order valence-electron chi connectivity index (χ2n) is 7.48. The van der Waals surface area contributed by atoms with E-state index in [4.69, 9.17) is 16.3 Å².